The quantitative estimate of drug-likeness (QED) is 0.852. The summed E-state index contributed by atoms with van der Waals surface area (Å²) < 4.78 is 17.8. The number of aromatic hydroxyl groups is 1. The van der Waals surface area contributed by atoms with Crippen LogP contribution in [0.3, 0.4) is 0 Å². The molecule has 2 aromatic rings. The van der Waals surface area contributed by atoms with E-state index in [1.54, 1.807) is 12.1 Å². The number of hydrogen-bond acceptors (Lipinski definition) is 4. The van der Waals surface area contributed by atoms with Crippen molar-refractivity contribution in [2.45, 2.75) is 13.0 Å². The second kappa shape index (κ2) is 6.71. The predicted molar refractivity (Wildman–Crippen MR) is 78.0 cm³/mol. The number of carbonyl (C=O) groups is 2. The Morgan fingerprint density at radius 3 is 2.41 bits per heavy atom. The largest absolute Gasteiger partial charge is 0.507 e. The minimum Gasteiger partial charge on any atom is -0.507 e. The highest BCUT2D eigenvalue weighted by Gasteiger charge is 2.20. The number of benzene rings is 2. The molecule has 0 heterocycles. The highest BCUT2D eigenvalue weighted by Crippen LogP contribution is 2.17. The Morgan fingerprint density at radius 1 is 1.14 bits per heavy atom. The van der Waals surface area contributed by atoms with Crippen LogP contribution in [0.1, 0.15) is 17.3 Å². The first-order chi connectivity index (χ1) is 10.5. The fraction of sp³-hybridized carbons (Fsp3) is 0.125. The molecule has 0 radical (unpaired) electrons. The number of rotatable bonds is 4. The lowest BCUT2D eigenvalue weighted by atomic mass is 10.2. The zero-order chi connectivity index (χ0) is 16.1. The van der Waals surface area contributed by atoms with Crippen LogP contribution in [0, 0.1) is 5.82 Å². The number of amides is 1. The summed E-state index contributed by atoms with van der Waals surface area (Å²) in [6, 6.07) is 11.1. The molecule has 2 N–H and O–H groups in total. The molecule has 1 atom stereocenters. The second-order valence-electron chi connectivity index (χ2n) is 4.56. The van der Waals surface area contributed by atoms with Crippen LogP contribution in [0.15, 0.2) is 48.5 Å². The maximum Gasteiger partial charge on any atom is 0.342 e. The SMILES string of the molecule is C[C@H](OC(=O)c1ccccc1O)C(=O)Nc1ccc(F)cc1. The number of hydrogen-bond donors (Lipinski definition) is 2. The summed E-state index contributed by atoms with van der Waals surface area (Å²) in [7, 11) is 0. The highest BCUT2D eigenvalue weighted by molar-refractivity contribution is 5.98. The zero-order valence-electron chi connectivity index (χ0n) is 11.7. The topological polar surface area (TPSA) is 75.6 Å². The van der Waals surface area contributed by atoms with E-state index in [4.69, 9.17) is 4.74 Å². The molecule has 0 aliphatic carbocycles. The zero-order valence-corrected chi connectivity index (χ0v) is 11.7. The van der Waals surface area contributed by atoms with E-state index in [1.807, 2.05) is 0 Å². The Balaban J connectivity index is 1.98. The van der Waals surface area contributed by atoms with E-state index in [-0.39, 0.29) is 11.3 Å². The number of para-hydroxylation sites is 1. The molecule has 0 aliphatic heterocycles. The minimum absolute atomic E-state index is 0.0241. The Bertz CT molecular complexity index is 685. The van der Waals surface area contributed by atoms with Crippen molar-refractivity contribution in [3.63, 3.8) is 0 Å². The van der Waals surface area contributed by atoms with E-state index in [1.165, 1.54) is 43.3 Å². The van der Waals surface area contributed by atoms with Gasteiger partial charge >= 0.3 is 5.97 Å². The Labute approximate surface area is 126 Å². The van der Waals surface area contributed by atoms with E-state index in [9.17, 15) is 19.1 Å². The first-order valence-corrected chi connectivity index (χ1v) is 6.53. The molecule has 0 aromatic heterocycles. The molecule has 0 fully saturated rings. The lowest BCUT2D eigenvalue weighted by Gasteiger charge is -2.14. The van der Waals surface area contributed by atoms with Gasteiger partial charge in [0, 0.05) is 5.69 Å². The summed E-state index contributed by atoms with van der Waals surface area (Å²) in [6.07, 6.45) is -1.07. The van der Waals surface area contributed by atoms with Crippen LogP contribution in [0.4, 0.5) is 10.1 Å². The third-order valence-electron chi connectivity index (χ3n) is 2.89. The van der Waals surface area contributed by atoms with Gasteiger partial charge in [0.05, 0.1) is 0 Å². The van der Waals surface area contributed by atoms with Crippen molar-refractivity contribution in [3.8, 4) is 5.75 Å². The van der Waals surface area contributed by atoms with Crippen LogP contribution in [0.5, 0.6) is 5.75 Å². The lowest BCUT2D eigenvalue weighted by molar-refractivity contribution is -0.123. The number of ether oxygens (including phenoxy) is 1. The lowest BCUT2D eigenvalue weighted by Crippen LogP contribution is -2.30. The number of esters is 1. The van der Waals surface area contributed by atoms with E-state index >= 15 is 0 Å². The molecule has 1 amide bonds. The van der Waals surface area contributed by atoms with Crippen molar-refractivity contribution in [2.24, 2.45) is 0 Å². The first-order valence-electron chi connectivity index (χ1n) is 6.53. The molecule has 5 nitrogen and oxygen atoms in total. The standard InChI is InChI=1S/C16H14FNO4/c1-10(15(20)18-12-8-6-11(17)7-9-12)22-16(21)13-4-2-3-5-14(13)19/h2-10,19H,1H3,(H,18,20)/t10-/m0/s1. The van der Waals surface area contributed by atoms with E-state index in [2.05, 4.69) is 5.32 Å². The van der Waals surface area contributed by atoms with Crippen LogP contribution in [-0.2, 0) is 9.53 Å². The molecular weight excluding hydrogens is 289 g/mol. The van der Waals surface area contributed by atoms with Gasteiger partial charge in [-0.2, -0.15) is 0 Å². The maximum absolute atomic E-state index is 12.8. The molecule has 0 aliphatic rings. The predicted octanol–water partition coefficient (Wildman–Crippen LogP) is 2.72. The molecule has 6 heteroatoms. The van der Waals surface area contributed by atoms with E-state index in [0.29, 0.717) is 5.69 Å². The number of anilines is 1. The smallest absolute Gasteiger partial charge is 0.342 e. The molecule has 2 aromatic carbocycles. The Morgan fingerprint density at radius 2 is 1.77 bits per heavy atom. The molecular formula is C16H14FNO4. The normalized spacial score (nSPS) is 11.5. The number of nitrogens with one attached hydrogen (secondary N) is 1. The Hall–Kier alpha value is -2.89. The summed E-state index contributed by atoms with van der Waals surface area (Å²) in [4.78, 5) is 23.8. The second-order valence-corrected chi connectivity index (χ2v) is 4.56. The number of phenolic OH excluding ortho intramolecular Hbond substituents is 1. The van der Waals surface area contributed by atoms with Crippen molar-refractivity contribution in [1.82, 2.24) is 0 Å². The number of phenols is 1. The van der Waals surface area contributed by atoms with Crippen LogP contribution in [0.2, 0.25) is 0 Å². The van der Waals surface area contributed by atoms with Gasteiger partial charge in [-0.1, -0.05) is 12.1 Å². The van der Waals surface area contributed by atoms with Gasteiger partial charge in [-0.3, -0.25) is 4.79 Å². The summed E-state index contributed by atoms with van der Waals surface area (Å²) in [5.41, 5.74) is 0.362. The molecule has 0 unspecified atom stereocenters. The van der Waals surface area contributed by atoms with Gasteiger partial charge in [-0.05, 0) is 43.3 Å². The molecule has 0 saturated carbocycles. The van der Waals surface area contributed by atoms with Crippen molar-refractivity contribution in [3.05, 3.63) is 59.9 Å². The number of halogens is 1. The van der Waals surface area contributed by atoms with Crippen molar-refractivity contribution >= 4 is 17.6 Å². The maximum atomic E-state index is 12.8. The van der Waals surface area contributed by atoms with Gasteiger partial charge in [0.2, 0.25) is 0 Å². The van der Waals surface area contributed by atoms with Gasteiger partial charge in [0.25, 0.3) is 5.91 Å². The van der Waals surface area contributed by atoms with Crippen molar-refractivity contribution < 1.29 is 23.8 Å². The van der Waals surface area contributed by atoms with Crippen LogP contribution >= 0.6 is 0 Å². The average molecular weight is 303 g/mol. The Kier molecular flexibility index (Phi) is 4.73. The summed E-state index contributed by atoms with van der Waals surface area (Å²) in [5, 5.41) is 12.1. The van der Waals surface area contributed by atoms with Gasteiger partial charge in [-0.15, -0.1) is 0 Å². The molecule has 22 heavy (non-hydrogen) atoms. The highest BCUT2D eigenvalue weighted by atomic mass is 19.1. The van der Waals surface area contributed by atoms with Crippen LogP contribution in [-0.4, -0.2) is 23.1 Å². The fourth-order valence-corrected chi connectivity index (χ4v) is 1.70. The number of carbonyl (C=O) groups excluding carboxylic acids is 2. The van der Waals surface area contributed by atoms with Crippen LogP contribution in [0.25, 0.3) is 0 Å². The third kappa shape index (κ3) is 3.82. The molecule has 0 spiro atoms. The third-order valence-corrected chi connectivity index (χ3v) is 2.89. The summed E-state index contributed by atoms with van der Waals surface area (Å²) >= 11 is 0. The van der Waals surface area contributed by atoms with Crippen LogP contribution < -0.4 is 5.32 Å². The van der Waals surface area contributed by atoms with Gasteiger partial charge in [-0.25, -0.2) is 9.18 Å². The molecule has 114 valence electrons. The summed E-state index contributed by atoms with van der Waals surface area (Å²) in [6.45, 7) is 1.40. The minimum atomic E-state index is -1.07. The molecule has 0 saturated heterocycles. The van der Waals surface area contributed by atoms with Crippen molar-refractivity contribution in [1.29, 1.82) is 0 Å². The van der Waals surface area contributed by atoms with Crippen molar-refractivity contribution in [2.75, 3.05) is 5.32 Å². The van der Waals surface area contributed by atoms with Gasteiger partial charge < -0.3 is 15.2 Å². The monoisotopic (exact) mass is 303 g/mol. The van der Waals surface area contributed by atoms with Gasteiger partial charge in [0.15, 0.2) is 6.10 Å². The molecule has 0 bridgehead atoms. The van der Waals surface area contributed by atoms with E-state index in [0.717, 1.165) is 0 Å². The summed E-state index contributed by atoms with van der Waals surface area (Å²) in [5.74, 6) is -2.01. The van der Waals surface area contributed by atoms with E-state index < -0.39 is 23.8 Å². The fourth-order valence-electron chi connectivity index (χ4n) is 1.70. The molecule has 2 rings (SSSR count). The first kappa shape index (κ1) is 15.5. The average Bonchev–Trinajstić information content (AvgIpc) is 2.49. The van der Waals surface area contributed by atoms with Gasteiger partial charge in [0.1, 0.15) is 17.1 Å².